The van der Waals surface area contributed by atoms with Gasteiger partial charge < -0.3 is 107 Å². The van der Waals surface area contributed by atoms with Crippen LogP contribution in [0.1, 0.15) is 57.6 Å². The number of rotatable bonds is 16. The normalized spacial score (nSPS) is 27.9. The third-order valence-corrected chi connectivity index (χ3v) is 22.4. The molecule has 92 heavy (non-hydrogen) atoms. The number of aromatic nitrogens is 1. The lowest BCUT2D eigenvalue weighted by Gasteiger charge is -2.35. The molecule has 25 N–H and O–H groups in total. The minimum Gasteiger partial charge on any atom is -0.481 e. The number of thioether (sulfide) groups is 4. The van der Waals surface area contributed by atoms with E-state index in [1.807, 2.05) is 6.07 Å². The van der Waals surface area contributed by atoms with Gasteiger partial charge in [0, 0.05) is 60.3 Å². The lowest BCUT2D eigenvalue weighted by atomic mass is 10.1. The van der Waals surface area contributed by atoms with Gasteiger partial charge in [0.1, 0.15) is 66.5 Å². The fraction of sp³-hybridized carbons (Fsp3) is 0.566. The van der Waals surface area contributed by atoms with Gasteiger partial charge in [-0.05, 0) is 63.0 Å². The van der Waals surface area contributed by atoms with Crippen LogP contribution in [-0.2, 0) is 68.7 Å². The summed E-state index contributed by atoms with van der Waals surface area (Å²) in [6.07, 6.45) is -1.34. The highest BCUT2D eigenvalue weighted by Gasteiger charge is 2.45. The molecule has 6 rings (SSSR count). The lowest BCUT2D eigenvalue weighted by Crippen LogP contribution is -2.61. The number of fused-ring (bicyclic) bond motifs is 6. The number of carbonyl (C=O) groups is 13. The molecule has 1 aromatic heterocycles. The van der Waals surface area contributed by atoms with Crippen molar-refractivity contribution in [3.63, 3.8) is 0 Å². The number of nitrogens with zero attached hydrogens (tertiary/aromatic N) is 1. The van der Waals surface area contributed by atoms with Gasteiger partial charge in [-0.3, -0.25) is 73.1 Å². The van der Waals surface area contributed by atoms with Crippen LogP contribution in [0.3, 0.4) is 0 Å². The quantitative estimate of drug-likeness (QED) is 0.0422. The summed E-state index contributed by atoms with van der Waals surface area (Å²) in [6, 6.07) is -8.96. The van der Waals surface area contributed by atoms with Crippen LogP contribution < -0.4 is 86.7 Å². The average molecular weight is 1360 g/mol. The fourth-order valence-electron chi connectivity index (χ4n) is 9.91. The van der Waals surface area contributed by atoms with E-state index >= 15 is 4.79 Å². The molecule has 5 heterocycles. The number of para-hydroxylation sites is 1. The van der Waals surface area contributed by atoms with Crippen LogP contribution in [-0.4, -0.2) is 234 Å². The number of aliphatic hydroxyl groups excluding tert-OH is 1. The molecule has 35 nitrogen and oxygen atoms in total. The molecule has 12 atom stereocenters. The summed E-state index contributed by atoms with van der Waals surface area (Å²) < 4.78 is -1.66. The summed E-state index contributed by atoms with van der Waals surface area (Å²) in [4.78, 5) is 188. The highest BCUT2D eigenvalue weighted by molar-refractivity contribution is 8.47. The van der Waals surface area contributed by atoms with E-state index in [-0.39, 0.29) is 76.3 Å². The van der Waals surface area contributed by atoms with E-state index in [4.69, 9.17) is 33.8 Å². The Morgan fingerprint density at radius 3 is 1.78 bits per heavy atom. The number of carboxylic acid groups (broad SMARTS) is 1. The Kier molecular flexibility index (Phi) is 27.2. The van der Waals surface area contributed by atoms with Crippen molar-refractivity contribution >= 4 is 147 Å². The van der Waals surface area contributed by atoms with Crippen LogP contribution in [0.15, 0.2) is 30.3 Å². The number of amides is 12. The van der Waals surface area contributed by atoms with Crippen LogP contribution in [0.4, 0.5) is 0 Å². The average Bonchev–Trinajstić information content (AvgIpc) is 1.61. The summed E-state index contributed by atoms with van der Waals surface area (Å²) >= 11 is 3.55. The molecule has 12 amide bonds. The standard InChI is InChI=1S/C53H78N20O15S4/c1-24-41(79)67-30(16-26-15-25-7-2-3-8-27(25)63-26)44(82)65-28(9-4-12-60-51(56)57)42(80)70-33(40(55)78)20-89-53-90-21-34(64-38(75)18-54)47(85)72-36(23-92-53)48(86)69-32(19-74)45(83)68-31(17-39(76)77)50(88)73-14-6-11-37(73)49(87)66-29(10-5-13-61-52(58)59)43(81)71-35(22-91-53)46(84)62-24/h2-3,7-8,15,24,28-37,63,74H,4-6,9-14,16-23,54H2,1H3,(H2,55,78)(H,62,84)(H,64,75)(H,65,82)(H,66,87)(H,67,79)(H,68,83)(H,69,86)(H,70,80)(H,71,81)(H,72,85)(H,76,77)(H4,56,57,60)(H4,58,59,61)/t24-,28-,29-,30-,31-,32-,33-,34-,35-,36-,37?,53?/m0/s1. The number of carbonyl (C=O) groups excluding carboxylic acids is 12. The van der Waals surface area contributed by atoms with E-state index in [9.17, 15) is 67.7 Å². The van der Waals surface area contributed by atoms with E-state index in [0.29, 0.717) is 11.2 Å². The van der Waals surface area contributed by atoms with Crippen molar-refractivity contribution in [3.05, 3.63) is 36.0 Å². The number of benzene rings is 1. The lowest BCUT2D eigenvalue weighted by molar-refractivity contribution is -0.146. The molecule has 4 aliphatic heterocycles. The summed E-state index contributed by atoms with van der Waals surface area (Å²) in [5, 5.41) is 67.3. The number of hydrogen-bond acceptors (Lipinski definition) is 21. The van der Waals surface area contributed by atoms with E-state index in [1.165, 1.54) is 6.92 Å². The summed E-state index contributed by atoms with van der Waals surface area (Å²) in [5.41, 5.74) is 23.9. The van der Waals surface area contributed by atoms with E-state index in [2.05, 4.69) is 68.8 Å². The minimum atomic E-state index is -1.94. The fourth-order valence-corrected chi connectivity index (χ4v) is 16.8. The Labute approximate surface area is 543 Å². The highest BCUT2D eigenvalue weighted by Crippen LogP contribution is 2.56. The predicted molar refractivity (Wildman–Crippen MR) is 340 cm³/mol. The number of aliphatic hydroxyl groups is 1. The Balaban J connectivity index is 1.52. The molecule has 0 radical (unpaired) electrons. The first-order valence-corrected chi connectivity index (χ1v) is 33.1. The van der Waals surface area contributed by atoms with E-state index in [1.54, 1.807) is 24.3 Å². The van der Waals surface area contributed by atoms with Gasteiger partial charge in [-0.25, -0.2) is 0 Å². The van der Waals surface area contributed by atoms with Crippen molar-refractivity contribution in [3.8, 4) is 0 Å². The SMILES string of the molecule is C[C@@H]1NC(=O)[C@@H]2CSC3(SC[C@@H](C(N)=O)NC(=O)[C@H](CCCNC(=N)N)NC(=O)[C@H](Cc4cc5ccccc5[nH]4)NC1=O)SC[C@H](NC(=O)CN)C(=O)N[C@@H](CS3)C(=O)N[C@@H](CO)C(=O)N[C@@H](CC(=O)O)C(=O)N1CCCC1C(=O)N[C@@H](CCCNC(=N)N)C(=O)N2. The Morgan fingerprint density at radius 1 is 0.652 bits per heavy atom. The predicted octanol–water partition coefficient (Wildman–Crippen LogP) is -7.41. The Hall–Kier alpha value is -8.27. The maximum atomic E-state index is 15.1. The molecule has 1 aromatic carbocycles. The molecule has 0 saturated carbocycles. The molecular weight excluding hydrogens is 1280 g/mol. The molecule has 4 fully saturated rings. The number of guanidine groups is 2. The van der Waals surface area contributed by atoms with Crippen LogP contribution in [0.2, 0.25) is 0 Å². The van der Waals surface area contributed by atoms with Gasteiger partial charge >= 0.3 is 5.97 Å². The zero-order valence-electron chi connectivity index (χ0n) is 49.8. The van der Waals surface area contributed by atoms with Gasteiger partial charge in [-0.15, -0.1) is 47.0 Å². The zero-order chi connectivity index (χ0) is 67.4. The topological polar surface area (TPSA) is 578 Å². The van der Waals surface area contributed by atoms with Gasteiger partial charge in [0.2, 0.25) is 70.9 Å². The van der Waals surface area contributed by atoms with Crippen molar-refractivity contribution in [1.82, 2.24) is 73.7 Å². The second kappa shape index (κ2) is 34.4. The molecule has 0 aliphatic carbocycles. The highest BCUT2D eigenvalue weighted by atomic mass is 32.3. The number of aliphatic carboxylic acids is 1. The van der Waals surface area contributed by atoms with Crippen LogP contribution in [0.5, 0.6) is 0 Å². The number of hydrogen-bond donors (Lipinski definition) is 21. The third kappa shape index (κ3) is 21.1. The van der Waals surface area contributed by atoms with Gasteiger partial charge in [-0.1, -0.05) is 18.2 Å². The molecule has 4 aliphatic rings. The molecule has 1 spiro atoms. The van der Waals surface area contributed by atoms with Gasteiger partial charge in [-0.2, -0.15) is 0 Å². The first kappa shape index (κ1) is 72.8. The van der Waals surface area contributed by atoms with Crippen molar-refractivity contribution in [2.75, 3.05) is 55.8 Å². The first-order valence-electron chi connectivity index (χ1n) is 29.1. The van der Waals surface area contributed by atoms with Crippen molar-refractivity contribution in [1.29, 1.82) is 10.8 Å². The van der Waals surface area contributed by atoms with E-state index in [0.717, 1.165) is 57.3 Å². The number of nitrogens with one attached hydrogen (secondary N) is 15. The second-order valence-electron chi connectivity index (χ2n) is 21.7. The van der Waals surface area contributed by atoms with Gasteiger partial charge in [0.15, 0.2) is 14.7 Å². The maximum Gasteiger partial charge on any atom is 0.305 e. The van der Waals surface area contributed by atoms with Crippen molar-refractivity contribution in [2.45, 2.75) is 127 Å². The molecule has 2 unspecified atom stereocenters. The number of nitrogens with two attached hydrogens (primary N) is 4. The van der Waals surface area contributed by atoms with Crippen LogP contribution in [0.25, 0.3) is 10.9 Å². The molecule has 3 bridgehead atoms. The molecule has 504 valence electrons. The number of carboxylic acids is 1. The monoisotopic (exact) mass is 1360 g/mol. The maximum absolute atomic E-state index is 15.1. The zero-order valence-corrected chi connectivity index (χ0v) is 53.1. The van der Waals surface area contributed by atoms with Gasteiger partial charge in [0.25, 0.3) is 0 Å². The second-order valence-corrected chi connectivity index (χ2v) is 28.2. The molecular formula is C53H78N20O15S4. The van der Waals surface area contributed by atoms with Gasteiger partial charge in [0.05, 0.1) is 19.6 Å². The molecule has 2 aromatic rings. The third-order valence-electron chi connectivity index (χ3n) is 14.7. The number of primary amides is 1. The Morgan fingerprint density at radius 2 is 1.18 bits per heavy atom. The van der Waals surface area contributed by atoms with Crippen LogP contribution in [0, 0.1) is 10.8 Å². The largest absolute Gasteiger partial charge is 0.481 e. The smallest absolute Gasteiger partial charge is 0.305 e. The summed E-state index contributed by atoms with van der Waals surface area (Å²) in [6.45, 7) is -0.603. The van der Waals surface area contributed by atoms with Crippen molar-refractivity contribution < 1.29 is 72.5 Å². The van der Waals surface area contributed by atoms with E-state index < -0.39 is 189 Å². The summed E-state index contributed by atoms with van der Waals surface area (Å²) in [5.74, 6) is -16.4. The number of aromatic amines is 1. The van der Waals surface area contributed by atoms with Crippen LogP contribution >= 0.6 is 47.0 Å². The first-order chi connectivity index (χ1) is 43.7. The number of H-pyrrole nitrogens is 1. The Bertz CT molecular complexity index is 3100. The molecule has 4 saturated heterocycles. The minimum absolute atomic E-state index is 0.0112. The summed E-state index contributed by atoms with van der Waals surface area (Å²) in [7, 11) is 0. The molecule has 39 heteroatoms. The van der Waals surface area contributed by atoms with Crippen molar-refractivity contribution in [2.24, 2.45) is 22.9 Å².